The first kappa shape index (κ1) is 8.52. The highest BCUT2D eigenvalue weighted by Crippen LogP contribution is 2.07. The van der Waals surface area contributed by atoms with Crippen molar-refractivity contribution in [1.29, 1.82) is 0 Å². The standard InChI is InChI=1S/C8H9NO3/c10-9(11)6-7-12-8-4-2-1-3-5-8/h1-5H,6-7H2. The van der Waals surface area contributed by atoms with Gasteiger partial charge in [0.1, 0.15) is 5.75 Å². The molecule has 0 bridgehead atoms. The summed E-state index contributed by atoms with van der Waals surface area (Å²) >= 11 is 0. The van der Waals surface area contributed by atoms with Gasteiger partial charge in [0.15, 0.2) is 6.61 Å². The van der Waals surface area contributed by atoms with Crippen molar-refractivity contribution in [2.75, 3.05) is 13.2 Å². The van der Waals surface area contributed by atoms with Crippen LogP contribution in [0.2, 0.25) is 0 Å². The molecule has 0 saturated carbocycles. The SMILES string of the molecule is O=[N+]([O-])CCOc1ccccc1. The smallest absolute Gasteiger partial charge is 0.237 e. The molecule has 12 heavy (non-hydrogen) atoms. The Labute approximate surface area is 69.9 Å². The molecule has 0 aliphatic rings. The van der Waals surface area contributed by atoms with Gasteiger partial charge in [0.25, 0.3) is 0 Å². The van der Waals surface area contributed by atoms with Crippen LogP contribution in [0, 0.1) is 10.1 Å². The highest BCUT2D eigenvalue weighted by molar-refractivity contribution is 5.20. The van der Waals surface area contributed by atoms with Crippen LogP contribution < -0.4 is 4.74 Å². The van der Waals surface area contributed by atoms with E-state index < -0.39 is 4.92 Å². The van der Waals surface area contributed by atoms with Gasteiger partial charge in [0.2, 0.25) is 6.54 Å². The molecule has 1 aromatic carbocycles. The summed E-state index contributed by atoms with van der Waals surface area (Å²) < 4.78 is 5.08. The Bertz CT molecular complexity index is 248. The summed E-state index contributed by atoms with van der Waals surface area (Å²) in [5.74, 6) is 0.666. The van der Waals surface area contributed by atoms with Crippen molar-refractivity contribution in [2.24, 2.45) is 0 Å². The van der Waals surface area contributed by atoms with Crippen molar-refractivity contribution in [2.45, 2.75) is 0 Å². The van der Waals surface area contributed by atoms with Gasteiger partial charge < -0.3 is 4.74 Å². The fraction of sp³-hybridized carbons (Fsp3) is 0.250. The van der Waals surface area contributed by atoms with E-state index in [1.165, 1.54) is 0 Å². The third kappa shape index (κ3) is 3.01. The molecule has 0 spiro atoms. The number of nitrogens with zero attached hydrogens (tertiary/aromatic N) is 1. The molecule has 0 aromatic heterocycles. The Morgan fingerprint density at radius 3 is 2.58 bits per heavy atom. The lowest BCUT2D eigenvalue weighted by atomic mass is 10.3. The molecule has 0 unspecified atom stereocenters. The van der Waals surface area contributed by atoms with Crippen LogP contribution in [-0.4, -0.2) is 18.1 Å². The molecule has 0 heterocycles. The van der Waals surface area contributed by atoms with Crippen LogP contribution in [0.15, 0.2) is 30.3 Å². The van der Waals surface area contributed by atoms with Gasteiger partial charge in [-0.25, -0.2) is 0 Å². The van der Waals surface area contributed by atoms with Crippen molar-refractivity contribution >= 4 is 0 Å². The Morgan fingerprint density at radius 2 is 2.00 bits per heavy atom. The molecule has 0 atom stereocenters. The van der Waals surface area contributed by atoms with Crippen molar-refractivity contribution in [3.63, 3.8) is 0 Å². The van der Waals surface area contributed by atoms with Gasteiger partial charge in [-0.05, 0) is 12.1 Å². The lowest BCUT2D eigenvalue weighted by Gasteiger charge is -2.01. The second-order valence-electron chi connectivity index (χ2n) is 2.22. The van der Waals surface area contributed by atoms with Crippen LogP contribution in [0.25, 0.3) is 0 Å². The number of rotatable bonds is 4. The van der Waals surface area contributed by atoms with E-state index in [1.807, 2.05) is 18.2 Å². The van der Waals surface area contributed by atoms with E-state index in [0.29, 0.717) is 5.75 Å². The van der Waals surface area contributed by atoms with Crippen LogP contribution in [0.3, 0.4) is 0 Å². The minimum Gasteiger partial charge on any atom is -0.487 e. The molecule has 4 nitrogen and oxygen atoms in total. The molecule has 64 valence electrons. The summed E-state index contributed by atoms with van der Waals surface area (Å²) in [5, 5.41) is 9.92. The van der Waals surface area contributed by atoms with Gasteiger partial charge >= 0.3 is 0 Å². The van der Waals surface area contributed by atoms with E-state index in [2.05, 4.69) is 0 Å². The van der Waals surface area contributed by atoms with Gasteiger partial charge in [-0.2, -0.15) is 0 Å². The van der Waals surface area contributed by atoms with Crippen LogP contribution in [0.5, 0.6) is 5.75 Å². The van der Waals surface area contributed by atoms with Crippen LogP contribution in [0.1, 0.15) is 0 Å². The van der Waals surface area contributed by atoms with E-state index in [9.17, 15) is 10.1 Å². The molecule has 0 fully saturated rings. The number of para-hydroxylation sites is 1. The second-order valence-corrected chi connectivity index (χ2v) is 2.22. The summed E-state index contributed by atoms with van der Waals surface area (Å²) in [6, 6.07) is 9.03. The summed E-state index contributed by atoms with van der Waals surface area (Å²) in [6.07, 6.45) is 0. The van der Waals surface area contributed by atoms with E-state index >= 15 is 0 Å². The quantitative estimate of drug-likeness (QED) is 0.502. The first-order valence-electron chi connectivity index (χ1n) is 3.58. The van der Waals surface area contributed by atoms with Gasteiger partial charge in [-0.3, -0.25) is 10.1 Å². The lowest BCUT2D eigenvalue weighted by molar-refractivity contribution is -0.481. The molecular weight excluding hydrogens is 158 g/mol. The predicted molar refractivity (Wildman–Crippen MR) is 43.8 cm³/mol. The molecule has 0 radical (unpaired) electrons. The predicted octanol–water partition coefficient (Wildman–Crippen LogP) is 1.34. The van der Waals surface area contributed by atoms with Crippen molar-refractivity contribution in [3.05, 3.63) is 40.4 Å². The van der Waals surface area contributed by atoms with Crippen molar-refractivity contribution < 1.29 is 9.66 Å². The Balaban J connectivity index is 2.29. The summed E-state index contributed by atoms with van der Waals surface area (Å²) in [6.45, 7) is -0.0358. The van der Waals surface area contributed by atoms with E-state index in [4.69, 9.17) is 4.74 Å². The zero-order valence-corrected chi connectivity index (χ0v) is 6.47. The van der Waals surface area contributed by atoms with Crippen LogP contribution in [0.4, 0.5) is 0 Å². The van der Waals surface area contributed by atoms with E-state index in [-0.39, 0.29) is 13.2 Å². The third-order valence-electron chi connectivity index (χ3n) is 1.29. The van der Waals surface area contributed by atoms with Gasteiger partial charge in [-0.15, -0.1) is 0 Å². The van der Waals surface area contributed by atoms with Crippen LogP contribution in [-0.2, 0) is 0 Å². The zero-order chi connectivity index (χ0) is 8.81. The molecule has 0 N–H and O–H groups in total. The topological polar surface area (TPSA) is 52.4 Å². The van der Waals surface area contributed by atoms with Crippen molar-refractivity contribution in [3.8, 4) is 5.75 Å². The molecule has 0 aliphatic carbocycles. The minimum atomic E-state index is -0.400. The van der Waals surface area contributed by atoms with Gasteiger partial charge in [0, 0.05) is 4.92 Å². The number of benzene rings is 1. The Morgan fingerprint density at radius 1 is 1.33 bits per heavy atom. The van der Waals surface area contributed by atoms with Crippen molar-refractivity contribution in [1.82, 2.24) is 0 Å². The summed E-state index contributed by atoms with van der Waals surface area (Å²) in [4.78, 5) is 9.52. The first-order chi connectivity index (χ1) is 5.79. The number of hydrogen-bond donors (Lipinski definition) is 0. The molecular formula is C8H9NO3. The third-order valence-corrected chi connectivity index (χ3v) is 1.29. The zero-order valence-electron chi connectivity index (χ0n) is 6.47. The average Bonchev–Trinajstić information content (AvgIpc) is 2.05. The highest BCUT2D eigenvalue weighted by atomic mass is 16.6. The maximum Gasteiger partial charge on any atom is 0.237 e. The fourth-order valence-corrected chi connectivity index (χ4v) is 0.755. The Hall–Kier alpha value is -1.58. The molecule has 0 saturated heterocycles. The molecule has 1 rings (SSSR count). The van der Waals surface area contributed by atoms with Gasteiger partial charge in [-0.1, -0.05) is 18.2 Å². The summed E-state index contributed by atoms with van der Waals surface area (Å²) in [5.41, 5.74) is 0. The minimum absolute atomic E-state index is 0.122. The first-order valence-corrected chi connectivity index (χ1v) is 3.58. The van der Waals surface area contributed by atoms with Gasteiger partial charge in [0.05, 0.1) is 0 Å². The maximum absolute atomic E-state index is 9.92. The van der Waals surface area contributed by atoms with E-state index in [0.717, 1.165) is 0 Å². The normalized spacial score (nSPS) is 9.33. The molecule has 4 heteroatoms. The average molecular weight is 167 g/mol. The summed E-state index contributed by atoms with van der Waals surface area (Å²) in [7, 11) is 0. The van der Waals surface area contributed by atoms with E-state index in [1.54, 1.807) is 12.1 Å². The maximum atomic E-state index is 9.92. The monoisotopic (exact) mass is 167 g/mol. The largest absolute Gasteiger partial charge is 0.487 e. The fourth-order valence-electron chi connectivity index (χ4n) is 0.755. The number of ether oxygens (including phenoxy) is 1. The molecule has 0 amide bonds. The Kier molecular flexibility index (Phi) is 3.07. The molecule has 1 aromatic rings. The van der Waals surface area contributed by atoms with Crippen LogP contribution >= 0.6 is 0 Å². The number of hydrogen-bond acceptors (Lipinski definition) is 3. The lowest BCUT2D eigenvalue weighted by Crippen LogP contribution is -2.10. The molecule has 0 aliphatic heterocycles. The number of nitro groups is 1. The second kappa shape index (κ2) is 4.33. The highest BCUT2D eigenvalue weighted by Gasteiger charge is 1.96.